The first-order chi connectivity index (χ1) is 13.8. The van der Waals surface area contributed by atoms with Crippen LogP contribution in [0.5, 0.6) is 0 Å². The molecule has 1 saturated heterocycles. The van der Waals surface area contributed by atoms with Crippen LogP contribution in [0.3, 0.4) is 0 Å². The van der Waals surface area contributed by atoms with Crippen molar-refractivity contribution in [3.63, 3.8) is 0 Å². The van der Waals surface area contributed by atoms with Crippen molar-refractivity contribution in [1.82, 2.24) is 9.97 Å². The predicted octanol–water partition coefficient (Wildman–Crippen LogP) is 4.46. The molecule has 0 bridgehead atoms. The molecule has 1 amide bonds. The maximum atomic E-state index is 12.5. The first-order valence-corrected chi connectivity index (χ1v) is 10.5. The largest absolute Gasteiger partial charge is 0.372 e. The Morgan fingerprint density at radius 3 is 2.29 bits per heavy atom. The quantitative estimate of drug-likeness (QED) is 0.802. The number of piperidine rings is 1. The second kappa shape index (κ2) is 9.04. The fraction of sp³-hybridized carbons (Fsp3) is 0.500. The average Bonchev–Trinajstić information content (AvgIpc) is 2.76. The number of nitrogens with one attached hydrogen (secondary N) is 2. The second-order valence-corrected chi connectivity index (χ2v) is 7.81. The van der Waals surface area contributed by atoms with Gasteiger partial charge >= 0.3 is 0 Å². The van der Waals surface area contributed by atoms with E-state index in [1.165, 1.54) is 57.1 Å². The molecule has 2 aliphatic rings. The van der Waals surface area contributed by atoms with Gasteiger partial charge in [0.1, 0.15) is 11.5 Å². The zero-order valence-electron chi connectivity index (χ0n) is 16.4. The van der Waals surface area contributed by atoms with Crippen LogP contribution in [-0.4, -0.2) is 35.0 Å². The number of hydrogen-bond acceptors (Lipinski definition) is 5. The molecule has 0 radical (unpaired) electrons. The standard InChI is InChI=1S/C22H29N5O/c28-22(20-15-24-21(16-23-20)25-17-7-3-1-4-8-17)26-18-9-11-19(12-10-18)27-13-5-2-6-14-27/h9-12,15-17H,1-8,13-14H2,(H,24,25)(H,26,28). The summed E-state index contributed by atoms with van der Waals surface area (Å²) in [5.74, 6) is 0.511. The summed E-state index contributed by atoms with van der Waals surface area (Å²) in [5, 5.41) is 6.33. The summed E-state index contributed by atoms with van der Waals surface area (Å²) in [7, 11) is 0. The minimum Gasteiger partial charge on any atom is -0.372 e. The molecule has 2 aromatic rings. The smallest absolute Gasteiger partial charge is 0.275 e. The van der Waals surface area contributed by atoms with Crippen molar-refractivity contribution < 1.29 is 4.79 Å². The Balaban J connectivity index is 1.32. The highest BCUT2D eigenvalue weighted by molar-refractivity contribution is 6.02. The van der Waals surface area contributed by atoms with Gasteiger partial charge in [0, 0.05) is 30.5 Å². The first-order valence-electron chi connectivity index (χ1n) is 10.5. The van der Waals surface area contributed by atoms with Gasteiger partial charge in [0.25, 0.3) is 5.91 Å². The van der Waals surface area contributed by atoms with Crippen LogP contribution < -0.4 is 15.5 Å². The van der Waals surface area contributed by atoms with E-state index < -0.39 is 0 Å². The normalized spacial score (nSPS) is 17.9. The van der Waals surface area contributed by atoms with Crippen LogP contribution in [0, 0.1) is 0 Å². The van der Waals surface area contributed by atoms with Crippen molar-refractivity contribution in [2.75, 3.05) is 28.6 Å². The lowest BCUT2D eigenvalue weighted by Gasteiger charge is -2.28. The summed E-state index contributed by atoms with van der Waals surface area (Å²) in [6.07, 6.45) is 13.2. The monoisotopic (exact) mass is 379 g/mol. The number of hydrogen-bond donors (Lipinski definition) is 2. The molecule has 2 heterocycles. The van der Waals surface area contributed by atoms with Crippen molar-refractivity contribution in [2.45, 2.75) is 57.4 Å². The Labute approximate surface area is 166 Å². The average molecular weight is 380 g/mol. The van der Waals surface area contributed by atoms with Gasteiger partial charge in [-0.05, 0) is 56.4 Å². The molecule has 2 N–H and O–H groups in total. The van der Waals surface area contributed by atoms with E-state index in [4.69, 9.17) is 0 Å². The van der Waals surface area contributed by atoms with E-state index >= 15 is 0 Å². The fourth-order valence-electron chi connectivity index (χ4n) is 4.08. The van der Waals surface area contributed by atoms with Gasteiger partial charge < -0.3 is 15.5 Å². The van der Waals surface area contributed by atoms with E-state index in [2.05, 4.69) is 37.6 Å². The lowest BCUT2D eigenvalue weighted by atomic mass is 9.96. The highest BCUT2D eigenvalue weighted by atomic mass is 16.1. The molecule has 1 aliphatic carbocycles. The van der Waals surface area contributed by atoms with E-state index in [0.29, 0.717) is 11.7 Å². The Hall–Kier alpha value is -2.63. The number of amides is 1. The number of carbonyl (C=O) groups excluding carboxylic acids is 1. The zero-order valence-corrected chi connectivity index (χ0v) is 16.4. The third-order valence-corrected chi connectivity index (χ3v) is 5.69. The second-order valence-electron chi connectivity index (χ2n) is 7.81. The fourth-order valence-corrected chi connectivity index (χ4v) is 4.08. The lowest BCUT2D eigenvalue weighted by molar-refractivity contribution is 0.102. The van der Waals surface area contributed by atoms with Crippen LogP contribution in [0.4, 0.5) is 17.2 Å². The Morgan fingerprint density at radius 2 is 1.61 bits per heavy atom. The van der Waals surface area contributed by atoms with Crippen LogP contribution in [-0.2, 0) is 0 Å². The van der Waals surface area contributed by atoms with Gasteiger partial charge in [-0.3, -0.25) is 4.79 Å². The van der Waals surface area contributed by atoms with Gasteiger partial charge in [-0.1, -0.05) is 19.3 Å². The highest BCUT2D eigenvalue weighted by Gasteiger charge is 2.15. The lowest BCUT2D eigenvalue weighted by Crippen LogP contribution is -2.29. The van der Waals surface area contributed by atoms with E-state index in [1.807, 2.05) is 12.1 Å². The number of nitrogens with zero attached hydrogens (tertiary/aromatic N) is 3. The summed E-state index contributed by atoms with van der Waals surface area (Å²) in [5.41, 5.74) is 2.32. The number of benzene rings is 1. The SMILES string of the molecule is O=C(Nc1ccc(N2CCCCC2)cc1)c1cnc(NC2CCCCC2)cn1. The van der Waals surface area contributed by atoms with Crippen LogP contribution in [0.2, 0.25) is 0 Å². The van der Waals surface area contributed by atoms with Crippen molar-refractivity contribution >= 4 is 23.1 Å². The molecule has 0 atom stereocenters. The molecule has 6 heteroatoms. The van der Waals surface area contributed by atoms with Gasteiger partial charge in [-0.25, -0.2) is 9.97 Å². The first kappa shape index (κ1) is 18.7. The molecule has 1 aliphatic heterocycles. The molecule has 2 fully saturated rings. The Morgan fingerprint density at radius 1 is 0.893 bits per heavy atom. The number of carbonyl (C=O) groups is 1. The van der Waals surface area contributed by atoms with E-state index in [1.54, 1.807) is 12.4 Å². The molecule has 1 aromatic heterocycles. The number of rotatable bonds is 5. The molecular weight excluding hydrogens is 350 g/mol. The summed E-state index contributed by atoms with van der Waals surface area (Å²) >= 11 is 0. The molecule has 0 unspecified atom stereocenters. The third kappa shape index (κ3) is 4.80. The van der Waals surface area contributed by atoms with E-state index in [0.717, 1.165) is 24.6 Å². The Kier molecular flexibility index (Phi) is 6.04. The van der Waals surface area contributed by atoms with Gasteiger partial charge in [-0.2, -0.15) is 0 Å². The maximum Gasteiger partial charge on any atom is 0.275 e. The van der Waals surface area contributed by atoms with Gasteiger partial charge in [0.2, 0.25) is 0 Å². The molecular formula is C22H29N5O. The molecule has 1 aromatic carbocycles. The topological polar surface area (TPSA) is 70.2 Å². The van der Waals surface area contributed by atoms with Crippen molar-refractivity contribution in [2.24, 2.45) is 0 Å². The molecule has 1 saturated carbocycles. The third-order valence-electron chi connectivity index (χ3n) is 5.69. The zero-order chi connectivity index (χ0) is 19.2. The molecule has 4 rings (SSSR count). The van der Waals surface area contributed by atoms with Crippen molar-refractivity contribution in [1.29, 1.82) is 0 Å². The summed E-state index contributed by atoms with van der Waals surface area (Å²) < 4.78 is 0. The molecule has 28 heavy (non-hydrogen) atoms. The van der Waals surface area contributed by atoms with Crippen LogP contribution in [0.1, 0.15) is 61.9 Å². The minimum atomic E-state index is -0.234. The van der Waals surface area contributed by atoms with Crippen LogP contribution >= 0.6 is 0 Å². The molecule has 6 nitrogen and oxygen atoms in total. The molecule has 0 spiro atoms. The highest BCUT2D eigenvalue weighted by Crippen LogP contribution is 2.22. The summed E-state index contributed by atoms with van der Waals surface area (Å²) in [6, 6.07) is 8.53. The Bertz CT molecular complexity index is 763. The molecule has 148 valence electrons. The number of anilines is 3. The maximum absolute atomic E-state index is 12.5. The van der Waals surface area contributed by atoms with Crippen LogP contribution in [0.25, 0.3) is 0 Å². The van der Waals surface area contributed by atoms with Gasteiger partial charge in [-0.15, -0.1) is 0 Å². The van der Waals surface area contributed by atoms with Gasteiger partial charge in [0.05, 0.1) is 12.4 Å². The van der Waals surface area contributed by atoms with E-state index in [-0.39, 0.29) is 5.91 Å². The number of aromatic nitrogens is 2. The minimum absolute atomic E-state index is 0.234. The predicted molar refractivity (Wildman–Crippen MR) is 113 cm³/mol. The van der Waals surface area contributed by atoms with Crippen molar-refractivity contribution in [3.8, 4) is 0 Å². The van der Waals surface area contributed by atoms with E-state index in [9.17, 15) is 4.79 Å². The van der Waals surface area contributed by atoms with Crippen molar-refractivity contribution in [3.05, 3.63) is 42.4 Å². The van der Waals surface area contributed by atoms with Crippen LogP contribution in [0.15, 0.2) is 36.7 Å². The van der Waals surface area contributed by atoms with Gasteiger partial charge in [0.15, 0.2) is 0 Å². The summed E-state index contributed by atoms with van der Waals surface area (Å²) in [6.45, 7) is 2.23. The summed E-state index contributed by atoms with van der Waals surface area (Å²) in [4.78, 5) is 23.5.